The molecule has 1 unspecified atom stereocenters. The minimum Gasteiger partial charge on any atom is -0.478 e. The molecule has 0 aliphatic heterocycles. The predicted octanol–water partition coefficient (Wildman–Crippen LogP) is 5.33. The van der Waals surface area contributed by atoms with Crippen molar-refractivity contribution >= 4 is 5.97 Å². The van der Waals surface area contributed by atoms with Gasteiger partial charge < -0.3 is 5.11 Å². The quantitative estimate of drug-likeness (QED) is 0.460. The van der Waals surface area contributed by atoms with E-state index in [-0.39, 0.29) is 5.56 Å². The second kappa shape index (κ2) is 10.1. The Balaban J connectivity index is 1.83. The molecule has 1 N–H and O–H groups in total. The Kier molecular flexibility index (Phi) is 7.33. The number of hydrogen-bond acceptors (Lipinski definition) is 4. The molecule has 0 amide bonds. The minimum atomic E-state index is -0.951. The molecule has 6 nitrogen and oxygen atoms in total. The molecule has 3 aromatic rings. The van der Waals surface area contributed by atoms with Crippen LogP contribution >= 0.6 is 0 Å². The van der Waals surface area contributed by atoms with Gasteiger partial charge in [0.15, 0.2) is 5.82 Å². The smallest absolute Gasteiger partial charge is 0.336 e. The van der Waals surface area contributed by atoms with Crippen molar-refractivity contribution in [3.63, 3.8) is 0 Å². The number of carboxylic acids is 1. The molecule has 0 saturated heterocycles. The fourth-order valence-electron chi connectivity index (χ4n) is 3.37. The largest absolute Gasteiger partial charge is 0.478 e. The van der Waals surface area contributed by atoms with Crippen LogP contribution in [0.15, 0.2) is 42.6 Å². The minimum absolute atomic E-state index is 0.255. The molecule has 1 aromatic carbocycles. The first kappa shape index (κ1) is 21.7. The number of benzene rings is 1. The van der Waals surface area contributed by atoms with Gasteiger partial charge in [0.2, 0.25) is 0 Å². The third-order valence-electron chi connectivity index (χ3n) is 5.41. The lowest BCUT2D eigenvalue weighted by Crippen LogP contribution is -2.08. The van der Waals surface area contributed by atoms with Gasteiger partial charge in [0.25, 0.3) is 0 Å². The average molecular weight is 407 g/mol. The van der Waals surface area contributed by atoms with E-state index >= 15 is 0 Å². The van der Waals surface area contributed by atoms with Crippen LogP contribution in [-0.2, 0) is 13.0 Å². The van der Waals surface area contributed by atoms with E-state index in [1.54, 1.807) is 24.4 Å². The summed E-state index contributed by atoms with van der Waals surface area (Å²) in [6.07, 6.45) is 7.21. The number of pyridine rings is 1. The van der Waals surface area contributed by atoms with Crippen molar-refractivity contribution in [2.24, 2.45) is 0 Å². The normalized spacial score (nSPS) is 12.1. The number of hydrogen-bond donors (Lipinski definition) is 1. The molecule has 3 rings (SSSR count). The average Bonchev–Trinajstić information content (AvgIpc) is 3.16. The van der Waals surface area contributed by atoms with Gasteiger partial charge >= 0.3 is 5.97 Å². The van der Waals surface area contributed by atoms with Crippen LogP contribution in [0, 0.1) is 0 Å². The number of carboxylic acid groups (broad SMARTS) is 1. The number of aromatic carboxylic acids is 1. The van der Waals surface area contributed by atoms with Crippen LogP contribution in [0.4, 0.5) is 0 Å². The summed E-state index contributed by atoms with van der Waals surface area (Å²) in [6.45, 7) is 7.12. The predicted molar refractivity (Wildman–Crippen MR) is 118 cm³/mol. The fraction of sp³-hybridized carbons (Fsp3) is 0.417. The standard InChI is InChI=1S/C24H30N4O2/c1-4-6-7-12-22-26-23(17(3)5-2)27-28(22)16-18-13-14-21(25-15-18)19-10-8-9-11-20(19)24(29)30/h8-11,13-15,17H,4-7,12,16H2,1-3H3,(H,29,30). The summed E-state index contributed by atoms with van der Waals surface area (Å²) < 4.78 is 2.00. The number of unbranched alkanes of at least 4 members (excludes halogenated alkanes) is 2. The molecule has 1 atom stereocenters. The van der Waals surface area contributed by atoms with E-state index in [1.165, 1.54) is 12.8 Å². The van der Waals surface area contributed by atoms with E-state index in [0.717, 1.165) is 36.5 Å². The van der Waals surface area contributed by atoms with Gasteiger partial charge in [0.05, 0.1) is 17.8 Å². The van der Waals surface area contributed by atoms with Crippen LogP contribution in [-0.4, -0.2) is 30.8 Å². The summed E-state index contributed by atoms with van der Waals surface area (Å²) in [5.74, 6) is 1.32. The molecule has 0 fully saturated rings. The van der Waals surface area contributed by atoms with Crippen LogP contribution in [0.3, 0.4) is 0 Å². The summed E-state index contributed by atoms with van der Waals surface area (Å²) in [4.78, 5) is 20.8. The van der Waals surface area contributed by atoms with E-state index in [4.69, 9.17) is 10.1 Å². The summed E-state index contributed by atoms with van der Waals surface area (Å²) in [5, 5.41) is 14.2. The van der Waals surface area contributed by atoms with Gasteiger partial charge in [-0.15, -0.1) is 0 Å². The van der Waals surface area contributed by atoms with Crippen molar-refractivity contribution in [2.45, 2.75) is 65.3 Å². The van der Waals surface area contributed by atoms with Crippen molar-refractivity contribution < 1.29 is 9.90 Å². The third kappa shape index (κ3) is 5.12. The summed E-state index contributed by atoms with van der Waals surface area (Å²) in [7, 11) is 0. The van der Waals surface area contributed by atoms with Gasteiger partial charge in [-0.3, -0.25) is 4.98 Å². The number of carbonyl (C=O) groups is 1. The fourth-order valence-corrected chi connectivity index (χ4v) is 3.37. The van der Waals surface area contributed by atoms with E-state index in [9.17, 15) is 9.90 Å². The molecule has 0 radical (unpaired) electrons. The van der Waals surface area contributed by atoms with Gasteiger partial charge in [0, 0.05) is 24.1 Å². The molecule has 0 aliphatic carbocycles. The lowest BCUT2D eigenvalue weighted by Gasteiger charge is -2.08. The molecular weight excluding hydrogens is 376 g/mol. The second-order valence-electron chi connectivity index (χ2n) is 7.71. The van der Waals surface area contributed by atoms with Gasteiger partial charge in [-0.25, -0.2) is 14.5 Å². The molecular formula is C24H30N4O2. The molecule has 6 heteroatoms. The molecule has 30 heavy (non-hydrogen) atoms. The van der Waals surface area contributed by atoms with E-state index < -0.39 is 5.97 Å². The highest BCUT2D eigenvalue weighted by atomic mass is 16.4. The van der Waals surface area contributed by atoms with Crippen molar-refractivity contribution in [1.29, 1.82) is 0 Å². The Labute approximate surface area is 178 Å². The van der Waals surface area contributed by atoms with Crippen molar-refractivity contribution in [1.82, 2.24) is 19.7 Å². The van der Waals surface area contributed by atoms with Gasteiger partial charge in [-0.05, 0) is 30.5 Å². The highest BCUT2D eigenvalue weighted by Gasteiger charge is 2.15. The maximum atomic E-state index is 11.5. The van der Waals surface area contributed by atoms with E-state index in [0.29, 0.717) is 23.7 Å². The number of aryl methyl sites for hydroxylation is 1. The first-order valence-corrected chi connectivity index (χ1v) is 10.7. The van der Waals surface area contributed by atoms with Crippen LogP contribution in [0.25, 0.3) is 11.3 Å². The lowest BCUT2D eigenvalue weighted by molar-refractivity contribution is 0.0697. The Bertz CT molecular complexity index is 979. The Hall–Kier alpha value is -3.02. The summed E-state index contributed by atoms with van der Waals surface area (Å²) >= 11 is 0. The zero-order valence-corrected chi connectivity index (χ0v) is 18.0. The molecule has 0 bridgehead atoms. The number of aromatic nitrogens is 4. The van der Waals surface area contributed by atoms with Gasteiger partial charge in [-0.2, -0.15) is 5.10 Å². The van der Waals surface area contributed by atoms with Crippen molar-refractivity contribution in [2.75, 3.05) is 0 Å². The molecule has 2 heterocycles. The molecule has 158 valence electrons. The zero-order chi connectivity index (χ0) is 21.5. The molecule has 0 spiro atoms. The van der Waals surface area contributed by atoms with Crippen LogP contribution < -0.4 is 0 Å². The Morgan fingerprint density at radius 1 is 1.13 bits per heavy atom. The number of rotatable bonds is 10. The molecule has 0 aliphatic rings. The zero-order valence-electron chi connectivity index (χ0n) is 18.0. The Morgan fingerprint density at radius 2 is 1.93 bits per heavy atom. The maximum Gasteiger partial charge on any atom is 0.336 e. The van der Waals surface area contributed by atoms with Crippen LogP contribution in [0.2, 0.25) is 0 Å². The first-order valence-electron chi connectivity index (χ1n) is 10.7. The van der Waals surface area contributed by atoms with Crippen LogP contribution in [0.5, 0.6) is 0 Å². The van der Waals surface area contributed by atoms with E-state index in [2.05, 4.69) is 25.8 Å². The highest BCUT2D eigenvalue weighted by molar-refractivity contribution is 5.95. The van der Waals surface area contributed by atoms with Crippen molar-refractivity contribution in [3.05, 3.63) is 65.4 Å². The van der Waals surface area contributed by atoms with Gasteiger partial charge in [-0.1, -0.05) is 57.9 Å². The second-order valence-corrected chi connectivity index (χ2v) is 7.71. The monoisotopic (exact) mass is 406 g/mol. The SMILES string of the molecule is CCCCCc1nc(C(C)CC)nn1Cc1ccc(-c2ccccc2C(=O)O)nc1. The van der Waals surface area contributed by atoms with E-state index in [1.807, 2.05) is 22.9 Å². The topological polar surface area (TPSA) is 80.9 Å². The van der Waals surface area contributed by atoms with Gasteiger partial charge in [0.1, 0.15) is 5.82 Å². The summed E-state index contributed by atoms with van der Waals surface area (Å²) in [6, 6.07) is 10.8. The summed E-state index contributed by atoms with van der Waals surface area (Å²) in [5.41, 5.74) is 2.55. The third-order valence-corrected chi connectivity index (χ3v) is 5.41. The number of nitrogens with zero attached hydrogens (tertiary/aromatic N) is 4. The van der Waals surface area contributed by atoms with Crippen LogP contribution in [0.1, 0.15) is 79.9 Å². The first-order chi connectivity index (χ1) is 14.5. The lowest BCUT2D eigenvalue weighted by atomic mass is 10.0. The molecule has 0 saturated carbocycles. The molecule has 2 aromatic heterocycles. The maximum absolute atomic E-state index is 11.5. The Morgan fingerprint density at radius 3 is 2.60 bits per heavy atom. The van der Waals surface area contributed by atoms with Crippen molar-refractivity contribution in [3.8, 4) is 11.3 Å². The highest BCUT2D eigenvalue weighted by Crippen LogP contribution is 2.22.